The Kier molecular flexibility index (Phi) is 64.3. The van der Waals surface area contributed by atoms with E-state index in [1.807, 2.05) is 0 Å². The van der Waals surface area contributed by atoms with Crippen LogP contribution < -0.4 is 0 Å². The second-order valence-corrected chi connectivity index (χ2v) is 22.0. The highest BCUT2D eigenvalue weighted by Gasteiger charge is 2.19. The topological polar surface area (TPSA) is 78.9 Å². The zero-order valence-corrected chi connectivity index (χ0v) is 52.8. The molecule has 0 N–H and O–H groups in total. The fraction of sp³-hybridized carbons (Fsp3) is 0.667. The van der Waals surface area contributed by atoms with Crippen molar-refractivity contribution in [2.24, 2.45) is 0 Å². The second kappa shape index (κ2) is 68.1. The summed E-state index contributed by atoms with van der Waals surface area (Å²) in [5, 5.41) is 0. The molecule has 1 atom stereocenters. The van der Waals surface area contributed by atoms with Crippen molar-refractivity contribution < 1.29 is 28.6 Å². The minimum absolute atomic E-state index is 0.0947. The first-order valence-corrected chi connectivity index (χ1v) is 33.7. The third-order valence-electron chi connectivity index (χ3n) is 14.1. The van der Waals surface area contributed by atoms with Crippen molar-refractivity contribution in [1.82, 2.24) is 0 Å². The van der Waals surface area contributed by atoms with Gasteiger partial charge in [-0.2, -0.15) is 0 Å². The average Bonchev–Trinajstić information content (AvgIpc) is 3.47. The fourth-order valence-electron chi connectivity index (χ4n) is 9.14. The fourth-order valence-corrected chi connectivity index (χ4v) is 9.14. The number of carbonyl (C=O) groups is 3. The Labute approximate surface area is 500 Å². The lowest BCUT2D eigenvalue weighted by Gasteiger charge is -2.18. The van der Waals surface area contributed by atoms with Crippen LogP contribution in [0.2, 0.25) is 0 Å². The lowest BCUT2D eigenvalue weighted by Crippen LogP contribution is -2.30. The Hall–Kier alpha value is -4.45. The summed E-state index contributed by atoms with van der Waals surface area (Å²) >= 11 is 0. The molecule has 460 valence electrons. The molecule has 81 heavy (non-hydrogen) atoms. The van der Waals surface area contributed by atoms with Gasteiger partial charge in [-0.25, -0.2) is 0 Å². The number of unbranched alkanes of at least 4 members (excludes halogenated alkanes) is 27. The summed E-state index contributed by atoms with van der Waals surface area (Å²) in [6, 6.07) is 0. The number of carbonyl (C=O) groups excluding carboxylic acids is 3. The van der Waals surface area contributed by atoms with E-state index in [2.05, 4.69) is 154 Å². The van der Waals surface area contributed by atoms with Crippen LogP contribution in [-0.4, -0.2) is 37.2 Å². The molecular weight excluding hydrogens is 997 g/mol. The predicted molar refractivity (Wildman–Crippen MR) is 353 cm³/mol. The highest BCUT2D eigenvalue weighted by molar-refractivity contribution is 5.71. The number of hydrogen-bond donors (Lipinski definition) is 0. The van der Waals surface area contributed by atoms with Gasteiger partial charge in [-0.3, -0.25) is 14.4 Å². The quantitative estimate of drug-likeness (QED) is 0.0261. The number of rotatable bonds is 60. The molecule has 0 heterocycles. The number of allylic oxidation sites excluding steroid dienone is 22. The standard InChI is InChI=1S/C75H124O6/c1-4-7-10-13-16-19-22-25-28-30-32-34-36-37-39-40-42-44-47-50-53-56-59-62-65-68-74(77)80-71-72(70-79-73(76)67-64-61-58-55-52-49-46-27-24-21-18-15-12-9-6-3)81-75(78)69-66-63-60-57-54-51-48-45-43-41-38-35-33-31-29-26-23-20-17-14-11-8-5-2/h7-8,10-11,16-17,19-20,25-29,32-35,41,43,46,48,51,72H,4-6,9,12-15,18,21-24,30-31,36-40,42,44-45,47,49-50,52-71H2,1-3H3/b10-7-,11-8-,19-16-,20-17-,28-25-,29-26-,34-32-,35-33-,43-41-,46-27-,51-48-. The SMILES string of the molecule is CC/C=C\C/C=C\C/C=C\C/C=C\C/C=C\C/C=C\CCCCCCC(=O)OC(COC(=O)CCCCCCC/C=C\CCCCCCCC)COC(=O)CCCCCCCCCCCCCC/C=C\C/C=C\C/C=C\C/C=C\CC. The molecular formula is C75H124O6. The molecule has 0 rings (SSSR count). The third kappa shape index (κ3) is 66.2. The van der Waals surface area contributed by atoms with Crippen molar-refractivity contribution >= 4 is 17.9 Å². The van der Waals surface area contributed by atoms with E-state index < -0.39 is 6.10 Å². The van der Waals surface area contributed by atoms with Crippen LogP contribution in [0.3, 0.4) is 0 Å². The van der Waals surface area contributed by atoms with Gasteiger partial charge in [0.25, 0.3) is 0 Å². The zero-order chi connectivity index (χ0) is 58.5. The van der Waals surface area contributed by atoms with Crippen molar-refractivity contribution in [3.8, 4) is 0 Å². The van der Waals surface area contributed by atoms with Crippen molar-refractivity contribution in [3.05, 3.63) is 134 Å². The van der Waals surface area contributed by atoms with E-state index in [4.69, 9.17) is 14.2 Å². The summed E-state index contributed by atoms with van der Waals surface area (Å²) in [5.74, 6) is -0.924. The van der Waals surface area contributed by atoms with Crippen LogP contribution in [0.15, 0.2) is 134 Å². The van der Waals surface area contributed by atoms with Crippen LogP contribution in [0.25, 0.3) is 0 Å². The molecule has 0 amide bonds. The smallest absolute Gasteiger partial charge is 0.306 e. The molecule has 1 unspecified atom stereocenters. The van der Waals surface area contributed by atoms with E-state index in [1.165, 1.54) is 122 Å². The molecule has 0 aromatic rings. The van der Waals surface area contributed by atoms with E-state index in [-0.39, 0.29) is 31.1 Å². The van der Waals surface area contributed by atoms with Gasteiger partial charge < -0.3 is 14.2 Å². The lowest BCUT2D eigenvalue weighted by atomic mass is 10.0. The van der Waals surface area contributed by atoms with Gasteiger partial charge in [0, 0.05) is 19.3 Å². The Bertz CT molecular complexity index is 1720. The Morgan fingerprint density at radius 1 is 0.259 bits per heavy atom. The molecule has 0 radical (unpaired) electrons. The summed E-state index contributed by atoms with van der Waals surface area (Å²) in [4.78, 5) is 38.4. The van der Waals surface area contributed by atoms with Gasteiger partial charge in [0.05, 0.1) is 0 Å². The van der Waals surface area contributed by atoms with Gasteiger partial charge in [0.1, 0.15) is 13.2 Å². The van der Waals surface area contributed by atoms with Gasteiger partial charge >= 0.3 is 17.9 Å². The van der Waals surface area contributed by atoms with Crippen LogP contribution in [0, 0.1) is 0 Å². The molecule has 0 aliphatic carbocycles. The van der Waals surface area contributed by atoms with Crippen molar-refractivity contribution in [2.75, 3.05) is 13.2 Å². The minimum atomic E-state index is -0.802. The molecule has 0 aromatic heterocycles. The Morgan fingerprint density at radius 3 is 0.765 bits per heavy atom. The van der Waals surface area contributed by atoms with Crippen molar-refractivity contribution in [2.45, 2.75) is 309 Å². The van der Waals surface area contributed by atoms with Crippen LogP contribution in [-0.2, 0) is 28.6 Å². The molecule has 0 saturated carbocycles. The molecule has 0 fully saturated rings. The monoisotopic (exact) mass is 1120 g/mol. The van der Waals surface area contributed by atoms with Gasteiger partial charge in [-0.1, -0.05) is 283 Å². The van der Waals surface area contributed by atoms with Gasteiger partial charge in [0.15, 0.2) is 6.10 Å². The summed E-state index contributed by atoms with van der Waals surface area (Å²) in [6.07, 6.45) is 96.0. The summed E-state index contributed by atoms with van der Waals surface area (Å²) in [6.45, 7) is 6.40. The van der Waals surface area contributed by atoms with Crippen molar-refractivity contribution in [1.29, 1.82) is 0 Å². The first-order chi connectivity index (χ1) is 40.0. The Balaban J connectivity index is 4.42. The highest BCUT2D eigenvalue weighted by atomic mass is 16.6. The van der Waals surface area contributed by atoms with E-state index in [0.29, 0.717) is 19.3 Å². The van der Waals surface area contributed by atoms with Crippen LogP contribution in [0.1, 0.15) is 303 Å². The third-order valence-corrected chi connectivity index (χ3v) is 14.1. The van der Waals surface area contributed by atoms with Crippen molar-refractivity contribution in [3.63, 3.8) is 0 Å². The maximum Gasteiger partial charge on any atom is 0.306 e. The summed E-state index contributed by atoms with van der Waals surface area (Å²) in [7, 11) is 0. The van der Waals surface area contributed by atoms with E-state index in [1.54, 1.807) is 0 Å². The number of hydrogen-bond acceptors (Lipinski definition) is 6. The first-order valence-electron chi connectivity index (χ1n) is 33.7. The molecule has 6 heteroatoms. The maximum atomic E-state index is 12.9. The molecule has 0 saturated heterocycles. The van der Waals surface area contributed by atoms with Crippen LogP contribution in [0.4, 0.5) is 0 Å². The molecule has 0 aliphatic rings. The maximum absolute atomic E-state index is 12.9. The van der Waals surface area contributed by atoms with Gasteiger partial charge in [-0.05, 0) is 135 Å². The van der Waals surface area contributed by atoms with Crippen LogP contribution in [0.5, 0.6) is 0 Å². The van der Waals surface area contributed by atoms with Gasteiger partial charge in [0.2, 0.25) is 0 Å². The highest BCUT2D eigenvalue weighted by Crippen LogP contribution is 2.16. The normalized spacial score (nSPS) is 13.0. The second-order valence-electron chi connectivity index (χ2n) is 22.0. The minimum Gasteiger partial charge on any atom is -0.462 e. The predicted octanol–water partition coefficient (Wildman–Crippen LogP) is 23.3. The lowest BCUT2D eigenvalue weighted by molar-refractivity contribution is -0.167. The van der Waals surface area contributed by atoms with Crippen LogP contribution >= 0.6 is 0 Å². The van der Waals surface area contributed by atoms with E-state index in [9.17, 15) is 14.4 Å². The number of ether oxygens (including phenoxy) is 3. The average molecular weight is 1120 g/mol. The van der Waals surface area contributed by atoms with E-state index in [0.717, 1.165) is 141 Å². The van der Waals surface area contributed by atoms with E-state index >= 15 is 0 Å². The molecule has 0 spiro atoms. The largest absolute Gasteiger partial charge is 0.462 e. The van der Waals surface area contributed by atoms with Gasteiger partial charge in [-0.15, -0.1) is 0 Å². The number of esters is 3. The zero-order valence-electron chi connectivity index (χ0n) is 52.8. The summed E-state index contributed by atoms with van der Waals surface area (Å²) in [5.41, 5.74) is 0. The molecule has 6 nitrogen and oxygen atoms in total. The summed E-state index contributed by atoms with van der Waals surface area (Å²) < 4.78 is 16.9. The Morgan fingerprint density at radius 2 is 0.481 bits per heavy atom. The first kappa shape index (κ1) is 76.5. The molecule has 0 bridgehead atoms. The molecule has 0 aliphatic heterocycles. The molecule has 0 aromatic carbocycles.